The first-order valence-electron chi connectivity index (χ1n) is 7.63. The van der Waals surface area contributed by atoms with Crippen LogP contribution in [0.5, 0.6) is 5.75 Å². The average molecular weight is 307 g/mol. The maximum Gasteiger partial charge on any atom is 0.233 e. The first-order valence-corrected chi connectivity index (χ1v) is 7.63. The third-order valence-corrected chi connectivity index (χ3v) is 4.20. The lowest BCUT2D eigenvalue weighted by Crippen LogP contribution is -2.32. The molecule has 1 unspecified atom stereocenters. The number of rotatable bonds is 3. The molecule has 2 aromatic carbocycles. The molecule has 1 atom stereocenters. The number of H-pyrrole nitrogens is 1. The number of carbonyl (C=O) groups is 1. The van der Waals surface area contributed by atoms with E-state index in [1.54, 1.807) is 11.9 Å². The number of imidazole rings is 1. The molecule has 1 aromatic heterocycles. The predicted molar refractivity (Wildman–Crippen MR) is 87.2 cm³/mol. The Hall–Kier alpha value is -2.82. The molecule has 0 radical (unpaired) electrons. The summed E-state index contributed by atoms with van der Waals surface area (Å²) in [5.41, 5.74) is 2.87. The van der Waals surface area contributed by atoms with E-state index >= 15 is 0 Å². The first kappa shape index (κ1) is 13.8. The zero-order chi connectivity index (χ0) is 15.8. The number of hydrogen-bond donors (Lipinski definition) is 1. The van der Waals surface area contributed by atoms with Gasteiger partial charge in [-0.2, -0.15) is 0 Å². The monoisotopic (exact) mass is 307 g/mol. The van der Waals surface area contributed by atoms with Crippen LogP contribution in [-0.4, -0.2) is 34.4 Å². The van der Waals surface area contributed by atoms with Gasteiger partial charge in [-0.1, -0.05) is 30.3 Å². The summed E-state index contributed by atoms with van der Waals surface area (Å²) >= 11 is 0. The Morgan fingerprint density at radius 3 is 2.91 bits per heavy atom. The van der Waals surface area contributed by atoms with Gasteiger partial charge in [0.05, 0.1) is 17.6 Å². The molecular formula is C18H17N3O2. The van der Waals surface area contributed by atoms with Crippen molar-refractivity contribution >= 4 is 16.9 Å². The largest absolute Gasteiger partial charge is 0.492 e. The van der Waals surface area contributed by atoms with E-state index < -0.39 is 0 Å². The molecule has 0 aliphatic carbocycles. The van der Waals surface area contributed by atoms with E-state index in [-0.39, 0.29) is 11.8 Å². The van der Waals surface area contributed by atoms with Gasteiger partial charge in [0, 0.05) is 12.6 Å². The molecule has 1 amide bonds. The van der Waals surface area contributed by atoms with Crippen LogP contribution in [0.25, 0.3) is 11.0 Å². The standard InChI is InChI=1S/C18H17N3O2/c1-21(10-17-19-14-7-3-4-8-15(14)20-17)18(22)13-11-23-16-9-5-2-6-12(13)16/h2-9,13H,10-11H2,1H3,(H,19,20). The number of carbonyl (C=O) groups excluding carboxylic acids is 1. The van der Waals surface area contributed by atoms with Crippen LogP contribution in [0.2, 0.25) is 0 Å². The molecule has 1 N–H and O–H groups in total. The van der Waals surface area contributed by atoms with Gasteiger partial charge in [0.1, 0.15) is 24.1 Å². The van der Waals surface area contributed by atoms with E-state index in [1.807, 2.05) is 48.5 Å². The molecule has 0 spiro atoms. The van der Waals surface area contributed by atoms with Gasteiger partial charge in [-0.25, -0.2) is 4.98 Å². The zero-order valence-corrected chi connectivity index (χ0v) is 12.8. The number of nitrogens with one attached hydrogen (secondary N) is 1. The molecule has 0 fully saturated rings. The van der Waals surface area contributed by atoms with Gasteiger partial charge in [-0.3, -0.25) is 4.79 Å². The fourth-order valence-electron chi connectivity index (χ4n) is 3.02. The smallest absolute Gasteiger partial charge is 0.233 e. The van der Waals surface area contributed by atoms with Gasteiger partial charge < -0.3 is 14.6 Å². The number of hydrogen-bond acceptors (Lipinski definition) is 3. The molecule has 0 saturated heterocycles. The van der Waals surface area contributed by atoms with E-state index in [9.17, 15) is 4.79 Å². The van der Waals surface area contributed by atoms with Gasteiger partial charge >= 0.3 is 0 Å². The Balaban J connectivity index is 1.53. The Labute approximate surface area is 133 Å². The molecule has 1 aliphatic rings. The van der Waals surface area contributed by atoms with Crippen molar-refractivity contribution in [2.45, 2.75) is 12.5 Å². The van der Waals surface area contributed by atoms with E-state index in [1.165, 1.54) is 0 Å². The van der Waals surface area contributed by atoms with Gasteiger partial charge in [-0.05, 0) is 18.2 Å². The summed E-state index contributed by atoms with van der Waals surface area (Å²) in [7, 11) is 1.80. The molecule has 5 heteroatoms. The van der Waals surface area contributed by atoms with Crippen LogP contribution >= 0.6 is 0 Å². The van der Waals surface area contributed by atoms with Crippen molar-refractivity contribution in [1.82, 2.24) is 14.9 Å². The second-order valence-corrected chi connectivity index (χ2v) is 5.80. The Bertz CT molecular complexity index is 838. The molecule has 5 nitrogen and oxygen atoms in total. The van der Waals surface area contributed by atoms with Crippen LogP contribution in [0.15, 0.2) is 48.5 Å². The van der Waals surface area contributed by atoms with E-state index in [0.717, 1.165) is 28.2 Å². The normalized spacial score (nSPS) is 16.1. The minimum Gasteiger partial charge on any atom is -0.492 e. The van der Waals surface area contributed by atoms with Crippen LogP contribution < -0.4 is 4.74 Å². The number of benzene rings is 2. The van der Waals surface area contributed by atoms with Crippen LogP contribution in [-0.2, 0) is 11.3 Å². The van der Waals surface area contributed by atoms with Crippen molar-refractivity contribution in [1.29, 1.82) is 0 Å². The van der Waals surface area contributed by atoms with Crippen molar-refractivity contribution < 1.29 is 9.53 Å². The summed E-state index contributed by atoms with van der Waals surface area (Å²) in [5.74, 6) is 1.41. The van der Waals surface area contributed by atoms with Crippen molar-refractivity contribution in [3.63, 3.8) is 0 Å². The number of likely N-dealkylation sites (N-methyl/N-ethyl adjacent to an activating group) is 1. The summed E-state index contributed by atoms with van der Waals surface area (Å²) in [6.45, 7) is 0.856. The van der Waals surface area contributed by atoms with Crippen molar-refractivity contribution in [3.8, 4) is 5.75 Å². The number of fused-ring (bicyclic) bond motifs is 2. The number of aromatic nitrogens is 2. The maximum absolute atomic E-state index is 12.7. The van der Waals surface area contributed by atoms with Crippen LogP contribution in [0.3, 0.4) is 0 Å². The molecule has 0 bridgehead atoms. The Morgan fingerprint density at radius 1 is 1.26 bits per heavy atom. The quantitative estimate of drug-likeness (QED) is 0.809. The summed E-state index contributed by atoms with van der Waals surface area (Å²) < 4.78 is 5.61. The van der Waals surface area contributed by atoms with Gasteiger partial charge in [0.15, 0.2) is 0 Å². The Kier molecular flexibility index (Phi) is 3.26. The summed E-state index contributed by atoms with van der Waals surface area (Å²) in [6.07, 6.45) is 0. The second-order valence-electron chi connectivity index (χ2n) is 5.80. The fraction of sp³-hybridized carbons (Fsp3) is 0.222. The molecule has 4 rings (SSSR count). The minimum absolute atomic E-state index is 0.0513. The van der Waals surface area contributed by atoms with E-state index in [0.29, 0.717) is 13.2 Å². The highest BCUT2D eigenvalue weighted by atomic mass is 16.5. The maximum atomic E-state index is 12.7. The molecule has 0 saturated carbocycles. The van der Waals surface area contributed by atoms with Crippen LogP contribution in [0.1, 0.15) is 17.3 Å². The first-order chi connectivity index (χ1) is 11.2. The third-order valence-electron chi connectivity index (χ3n) is 4.20. The number of aromatic amines is 1. The van der Waals surface area contributed by atoms with Crippen molar-refractivity contribution in [3.05, 3.63) is 59.9 Å². The molecule has 1 aliphatic heterocycles. The molecule has 2 heterocycles. The molecule has 116 valence electrons. The summed E-state index contributed by atoms with van der Waals surface area (Å²) in [5, 5.41) is 0. The van der Waals surface area contributed by atoms with Gasteiger partial charge in [-0.15, -0.1) is 0 Å². The second kappa shape index (κ2) is 5.43. The summed E-state index contributed by atoms with van der Waals surface area (Å²) in [6, 6.07) is 15.6. The predicted octanol–water partition coefficient (Wildman–Crippen LogP) is 2.70. The lowest BCUT2D eigenvalue weighted by molar-refractivity contribution is -0.132. The van der Waals surface area contributed by atoms with Crippen LogP contribution in [0, 0.1) is 0 Å². The topological polar surface area (TPSA) is 58.2 Å². The van der Waals surface area contributed by atoms with Crippen LogP contribution in [0.4, 0.5) is 0 Å². The summed E-state index contributed by atoms with van der Waals surface area (Å²) in [4.78, 5) is 22.2. The SMILES string of the molecule is CN(Cc1nc2ccccc2[nH]1)C(=O)C1COc2ccccc21. The highest BCUT2D eigenvalue weighted by Gasteiger charge is 2.32. The number of nitrogens with zero attached hydrogens (tertiary/aromatic N) is 2. The van der Waals surface area contributed by atoms with Crippen molar-refractivity contribution in [2.24, 2.45) is 0 Å². The molecule has 23 heavy (non-hydrogen) atoms. The third kappa shape index (κ3) is 2.44. The molecular weight excluding hydrogens is 290 g/mol. The van der Waals surface area contributed by atoms with Gasteiger partial charge in [0.25, 0.3) is 0 Å². The minimum atomic E-state index is -0.236. The lowest BCUT2D eigenvalue weighted by Gasteiger charge is -2.19. The number of ether oxygens (including phenoxy) is 1. The fourth-order valence-corrected chi connectivity index (χ4v) is 3.02. The highest BCUT2D eigenvalue weighted by Crippen LogP contribution is 2.34. The van der Waals surface area contributed by atoms with Crippen molar-refractivity contribution in [2.75, 3.05) is 13.7 Å². The number of para-hydroxylation sites is 3. The van der Waals surface area contributed by atoms with Gasteiger partial charge in [0.2, 0.25) is 5.91 Å². The molecule has 3 aromatic rings. The van der Waals surface area contributed by atoms with E-state index in [2.05, 4.69) is 9.97 Å². The highest BCUT2D eigenvalue weighted by molar-refractivity contribution is 5.85. The zero-order valence-electron chi connectivity index (χ0n) is 12.8. The Morgan fingerprint density at radius 2 is 2.04 bits per heavy atom. The average Bonchev–Trinajstić information content (AvgIpc) is 3.17. The lowest BCUT2D eigenvalue weighted by atomic mass is 10.00. The number of amides is 1. The van der Waals surface area contributed by atoms with E-state index in [4.69, 9.17) is 4.74 Å².